The molecular formula is C37H37N2O+. The molecule has 0 amide bonds. The number of ether oxygens (including phenoxy) is 1. The molecule has 8 rings (SSSR count). The summed E-state index contributed by atoms with van der Waals surface area (Å²) in [6.45, 7) is 12.1. The maximum Gasteiger partial charge on any atom is 0.135 e. The van der Waals surface area contributed by atoms with E-state index in [4.69, 9.17) is 4.74 Å². The van der Waals surface area contributed by atoms with Crippen LogP contribution in [0.25, 0.3) is 32.4 Å². The third kappa shape index (κ3) is 4.16. The van der Waals surface area contributed by atoms with E-state index in [1.165, 1.54) is 44.5 Å². The van der Waals surface area contributed by atoms with Crippen LogP contribution in [0.3, 0.4) is 0 Å². The van der Waals surface area contributed by atoms with Gasteiger partial charge in [0.15, 0.2) is 0 Å². The molecule has 0 N–H and O–H groups in total. The second kappa shape index (κ2) is 10.3. The van der Waals surface area contributed by atoms with Crippen molar-refractivity contribution in [2.45, 2.75) is 31.5 Å². The Kier molecular flexibility index (Phi) is 6.50. The van der Waals surface area contributed by atoms with Crippen molar-refractivity contribution in [3.05, 3.63) is 128 Å². The summed E-state index contributed by atoms with van der Waals surface area (Å²) in [5.41, 5.74) is 3.74. The Hall–Kier alpha value is -3.79. The molecule has 3 fully saturated rings. The molecule has 5 aromatic rings. The molecule has 0 saturated carbocycles. The molecule has 3 saturated heterocycles. The van der Waals surface area contributed by atoms with Gasteiger partial charge in [0.1, 0.15) is 18.7 Å². The molecule has 1 aromatic heterocycles. The summed E-state index contributed by atoms with van der Waals surface area (Å²) in [7, 11) is 0. The predicted molar refractivity (Wildman–Crippen MR) is 166 cm³/mol. The lowest BCUT2D eigenvalue weighted by atomic mass is 9.70. The van der Waals surface area contributed by atoms with Crippen molar-refractivity contribution in [1.29, 1.82) is 0 Å². The minimum atomic E-state index is -0.0410. The van der Waals surface area contributed by atoms with Crippen LogP contribution in [0.5, 0.6) is 0 Å². The van der Waals surface area contributed by atoms with E-state index in [0.717, 1.165) is 36.1 Å². The number of para-hydroxylation sites is 1. The minimum Gasteiger partial charge on any atom is -0.363 e. The summed E-state index contributed by atoms with van der Waals surface area (Å²) in [5, 5.41) is 6.56. The van der Waals surface area contributed by atoms with Crippen molar-refractivity contribution in [3.63, 3.8) is 0 Å². The zero-order valence-electron chi connectivity index (χ0n) is 23.1. The maximum absolute atomic E-state index is 6.80. The molecule has 3 aliphatic heterocycles. The van der Waals surface area contributed by atoms with Gasteiger partial charge in [-0.1, -0.05) is 78.9 Å². The number of piperidine rings is 3. The monoisotopic (exact) mass is 525 g/mol. The van der Waals surface area contributed by atoms with Crippen LogP contribution in [0, 0.1) is 11.8 Å². The lowest BCUT2D eigenvalue weighted by molar-refractivity contribution is -0.984. The van der Waals surface area contributed by atoms with Gasteiger partial charge in [-0.3, -0.25) is 4.98 Å². The molecule has 4 heterocycles. The first-order valence-electron chi connectivity index (χ1n) is 14.6. The molecule has 200 valence electrons. The third-order valence-electron chi connectivity index (χ3n) is 9.76. The largest absolute Gasteiger partial charge is 0.363 e. The van der Waals surface area contributed by atoms with Crippen LogP contribution in [0.2, 0.25) is 0 Å². The number of hydrogen-bond acceptors (Lipinski definition) is 2. The summed E-state index contributed by atoms with van der Waals surface area (Å²) in [4.78, 5) is 4.68. The van der Waals surface area contributed by atoms with Crippen molar-refractivity contribution < 1.29 is 9.22 Å². The number of hydrogen-bond donors (Lipinski definition) is 0. The van der Waals surface area contributed by atoms with Crippen LogP contribution in [-0.4, -0.2) is 35.2 Å². The second-order valence-corrected chi connectivity index (χ2v) is 11.8. The van der Waals surface area contributed by atoms with Crippen molar-refractivity contribution in [1.82, 2.24) is 4.98 Å². The Morgan fingerprint density at radius 1 is 0.900 bits per heavy atom. The molecule has 0 aliphatic carbocycles. The van der Waals surface area contributed by atoms with E-state index >= 15 is 0 Å². The van der Waals surface area contributed by atoms with Gasteiger partial charge >= 0.3 is 0 Å². The number of nitrogens with zero attached hydrogens (tertiary/aromatic N) is 2. The van der Waals surface area contributed by atoms with Crippen molar-refractivity contribution in [2.24, 2.45) is 11.8 Å². The highest BCUT2D eigenvalue weighted by atomic mass is 16.5. The molecule has 0 radical (unpaired) electrons. The van der Waals surface area contributed by atoms with E-state index in [2.05, 4.69) is 109 Å². The quantitative estimate of drug-likeness (QED) is 0.115. The molecular weight excluding hydrogens is 488 g/mol. The average Bonchev–Trinajstić information content (AvgIpc) is 3.01. The van der Waals surface area contributed by atoms with Gasteiger partial charge in [0.05, 0.1) is 25.2 Å². The van der Waals surface area contributed by atoms with Gasteiger partial charge in [-0.05, 0) is 51.2 Å². The zero-order chi connectivity index (χ0) is 27.1. The van der Waals surface area contributed by atoms with Gasteiger partial charge < -0.3 is 9.22 Å². The van der Waals surface area contributed by atoms with Crippen LogP contribution in [0.4, 0.5) is 0 Å². The minimum absolute atomic E-state index is 0.0410. The van der Waals surface area contributed by atoms with Crippen LogP contribution in [0.15, 0.2) is 116 Å². The number of benzene rings is 4. The first kappa shape index (κ1) is 25.2. The first-order valence-corrected chi connectivity index (χ1v) is 14.6. The van der Waals surface area contributed by atoms with E-state index in [1.807, 2.05) is 12.3 Å². The molecule has 40 heavy (non-hydrogen) atoms. The van der Waals surface area contributed by atoms with E-state index in [0.29, 0.717) is 24.5 Å². The highest BCUT2D eigenvalue weighted by Crippen LogP contribution is 2.50. The summed E-state index contributed by atoms with van der Waals surface area (Å²) >= 11 is 0. The van der Waals surface area contributed by atoms with Gasteiger partial charge in [0, 0.05) is 35.9 Å². The summed E-state index contributed by atoms with van der Waals surface area (Å²) < 4.78 is 7.81. The van der Waals surface area contributed by atoms with E-state index < -0.39 is 0 Å². The molecule has 2 bridgehead atoms. The maximum atomic E-state index is 6.80. The lowest BCUT2D eigenvalue weighted by Crippen LogP contribution is -2.67. The van der Waals surface area contributed by atoms with Gasteiger partial charge in [-0.2, -0.15) is 0 Å². The fourth-order valence-electron chi connectivity index (χ4n) is 7.90. The lowest BCUT2D eigenvalue weighted by Gasteiger charge is -2.58. The van der Waals surface area contributed by atoms with Gasteiger partial charge in [-0.15, -0.1) is 13.2 Å². The standard InChI is InChI=1S/C37H37N2O/c1-3-21-40-37(33-17-19-38-35-16-10-9-15-32(33)35)36-23-27-18-20-39(36,24-26(27)4-2)25-34-30-13-7-5-11-28(30)22-29-12-6-8-14-31(29)34/h3-17,19,22,26-27,36-37H,1-2,18,20-21,23-25H2/q+1/t26-,27-,36+,37+,39?/m0/s1. The number of rotatable bonds is 8. The topological polar surface area (TPSA) is 22.1 Å². The van der Waals surface area contributed by atoms with Crippen LogP contribution >= 0.6 is 0 Å². The number of aromatic nitrogens is 1. The van der Waals surface area contributed by atoms with Gasteiger partial charge in [0.25, 0.3) is 0 Å². The Morgan fingerprint density at radius 3 is 2.33 bits per heavy atom. The van der Waals surface area contributed by atoms with Gasteiger partial charge in [-0.25, -0.2) is 0 Å². The molecule has 3 nitrogen and oxygen atoms in total. The van der Waals surface area contributed by atoms with Crippen LogP contribution in [-0.2, 0) is 11.3 Å². The third-order valence-corrected chi connectivity index (χ3v) is 9.76. The smallest absolute Gasteiger partial charge is 0.135 e. The average molecular weight is 526 g/mol. The van der Waals surface area contributed by atoms with Crippen molar-refractivity contribution in [3.8, 4) is 0 Å². The van der Waals surface area contributed by atoms with Crippen LogP contribution < -0.4 is 0 Å². The fourth-order valence-corrected chi connectivity index (χ4v) is 7.90. The van der Waals surface area contributed by atoms with Crippen molar-refractivity contribution in [2.75, 3.05) is 19.7 Å². The molecule has 5 atom stereocenters. The van der Waals surface area contributed by atoms with E-state index in [1.54, 1.807) is 0 Å². The Bertz CT molecular complexity index is 1670. The first-order chi connectivity index (χ1) is 19.7. The van der Waals surface area contributed by atoms with Gasteiger partial charge in [0.2, 0.25) is 0 Å². The Labute approximate surface area is 237 Å². The summed E-state index contributed by atoms with van der Waals surface area (Å²) in [6.07, 6.45) is 8.41. The van der Waals surface area contributed by atoms with Crippen molar-refractivity contribution >= 4 is 32.4 Å². The molecule has 3 heteroatoms. The highest BCUT2D eigenvalue weighted by molar-refractivity contribution is 6.02. The molecule has 1 unspecified atom stereocenters. The summed E-state index contributed by atoms with van der Waals surface area (Å²) in [5.74, 6) is 1.18. The fraction of sp³-hybridized carbons (Fsp3) is 0.270. The number of fused-ring (bicyclic) bond motifs is 6. The second-order valence-electron chi connectivity index (χ2n) is 11.8. The predicted octanol–water partition coefficient (Wildman–Crippen LogP) is 8.40. The van der Waals surface area contributed by atoms with Crippen LogP contribution in [0.1, 0.15) is 30.1 Å². The molecule has 4 aromatic carbocycles. The Balaban J connectivity index is 1.41. The summed E-state index contributed by atoms with van der Waals surface area (Å²) in [6, 6.07) is 31.2. The van der Waals surface area contributed by atoms with E-state index in [9.17, 15) is 0 Å². The van der Waals surface area contributed by atoms with E-state index in [-0.39, 0.29) is 6.10 Å². The normalized spacial score (nSPS) is 24.9. The highest BCUT2D eigenvalue weighted by Gasteiger charge is 2.54. The zero-order valence-corrected chi connectivity index (χ0v) is 23.1. The number of quaternary nitrogens is 1. The SMILES string of the molecule is C=CCO[C@H](c1ccnc2ccccc12)[C@H]1C[C@@H]2CC[N+]1(Cc1c3ccccc3cc3ccccc13)C[C@@H]2C=C. The number of pyridine rings is 1. The molecule has 0 spiro atoms. The Morgan fingerprint density at radius 2 is 1.60 bits per heavy atom. The molecule has 3 aliphatic rings.